The number of cyclic esters (lactones) is 1. The molecule has 3 aliphatic heterocycles. The predicted molar refractivity (Wildman–Crippen MR) is 159 cm³/mol. The average Bonchev–Trinajstić information content (AvgIpc) is 3.35. The van der Waals surface area contributed by atoms with Gasteiger partial charge in [-0.1, -0.05) is 12.1 Å². The van der Waals surface area contributed by atoms with E-state index in [4.69, 9.17) is 33.2 Å². The smallest absolute Gasteiger partial charge is 0.335 e. The SMILES string of the molecule is COc1cc2c(c(OC)c1O)[C@H](c1ccc(O)cc1)[C@H]1C(=O)O[C@H]3[C@H](O)[C@@H](COC(=O)C1=C2)O[C@@]3(CO)O[C@H]1O[C@H](CO)[C@@H](O)[C@H](O)[C@H]1O. The van der Waals surface area contributed by atoms with Gasteiger partial charge in [0.25, 0.3) is 0 Å². The number of carbonyl (C=O) groups is 2. The summed E-state index contributed by atoms with van der Waals surface area (Å²) in [5.74, 6) is -8.01. The van der Waals surface area contributed by atoms with Crippen molar-refractivity contribution >= 4 is 18.0 Å². The van der Waals surface area contributed by atoms with Gasteiger partial charge in [0.05, 0.1) is 26.4 Å². The molecule has 2 aromatic rings. The number of ether oxygens (including phenoxy) is 7. The Hall–Kier alpha value is -4.04. The zero-order chi connectivity index (χ0) is 35.4. The van der Waals surface area contributed by atoms with E-state index in [1.807, 2.05) is 0 Å². The number of phenols is 2. The average molecular weight is 693 g/mol. The minimum Gasteiger partial charge on any atom is -0.508 e. The van der Waals surface area contributed by atoms with Crippen molar-refractivity contribution in [2.75, 3.05) is 34.0 Å². The number of rotatable bonds is 7. The molecule has 17 nitrogen and oxygen atoms in total. The molecule has 0 radical (unpaired) electrons. The van der Waals surface area contributed by atoms with Gasteiger partial charge < -0.3 is 74.0 Å². The number of aromatic hydroxyl groups is 2. The van der Waals surface area contributed by atoms with E-state index >= 15 is 0 Å². The number of hydrogen-bond donors (Lipinski definition) is 8. The van der Waals surface area contributed by atoms with E-state index in [9.17, 15) is 50.4 Å². The van der Waals surface area contributed by atoms with Crippen LogP contribution < -0.4 is 9.47 Å². The Balaban J connectivity index is 1.47. The molecule has 0 spiro atoms. The van der Waals surface area contributed by atoms with E-state index in [2.05, 4.69) is 0 Å². The largest absolute Gasteiger partial charge is 0.508 e. The summed E-state index contributed by atoms with van der Waals surface area (Å²) >= 11 is 0. The molecule has 3 fully saturated rings. The van der Waals surface area contributed by atoms with Crippen molar-refractivity contribution in [3.8, 4) is 23.0 Å². The third-order valence-electron chi connectivity index (χ3n) is 9.23. The first-order valence-electron chi connectivity index (χ1n) is 15.2. The zero-order valence-electron chi connectivity index (χ0n) is 26.1. The molecule has 1 aliphatic carbocycles. The van der Waals surface area contributed by atoms with Crippen LogP contribution >= 0.6 is 0 Å². The van der Waals surface area contributed by atoms with Crippen LogP contribution in [-0.2, 0) is 33.3 Å². The van der Waals surface area contributed by atoms with Crippen molar-refractivity contribution in [3.05, 3.63) is 52.6 Å². The zero-order valence-corrected chi connectivity index (χ0v) is 26.1. The van der Waals surface area contributed by atoms with Crippen molar-refractivity contribution in [1.29, 1.82) is 0 Å². The lowest BCUT2D eigenvalue weighted by Crippen LogP contribution is -2.63. The van der Waals surface area contributed by atoms with Gasteiger partial charge in [-0.25, -0.2) is 4.79 Å². The minimum absolute atomic E-state index is 0.00111. The van der Waals surface area contributed by atoms with Crippen LogP contribution in [0.2, 0.25) is 0 Å². The molecule has 0 amide bonds. The second-order valence-corrected chi connectivity index (χ2v) is 12.0. The second kappa shape index (κ2) is 13.3. The van der Waals surface area contributed by atoms with Gasteiger partial charge in [-0.3, -0.25) is 4.79 Å². The maximum Gasteiger partial charge on any atom is 0.335 e. The lowest BCUT2D eigenvalue weighted by atomic mass is 9.70. The number of esters is 2. The first kappa shape index (κ1) is 34.8. The lowest BCUT2D eigenvalue weighted by molar-refractivity contribution is -0.383. The summed E-state index contributed by atoms with van der Waals surface area (Å²) in [6, 6.07) is 7.08. The molecule has 8 N–H and O–H groups in total. The molecular weight excluding hydrogens is 656 g/mol. The van der Waals surface area contributed by atoms with Gasteiger partial charge in [-0.05, 0) is 35.4 Å². The second-order valence-electron chi connectivity index (χ2n) is 12.0. The maximum absolute atomic E-state index is 14.4. The van der Waals surface area contributed by atoms with Gasteiger partial charge in [0.15, 0.2) is 23.9 Å². The molecule has 0 saturated carbocycles. The maximum atomic E-state index is 14.4. The van der Waals surface area contributed by atoms with Crippen LogP contribution in [0.15, 0.2) is 35.9 Å². The number of methoxy groups -OCH3 is 2. The summed E-state index contributed by atoms with van der Waals surface area (Å²) in [5.41, 5.74) is 0.693. The molecule has 266 valence electrons. The number of aliphatic hydroxyl groups is 6. The molecule has 3 saturated heterocycles. The third-order valence-corrected chi connectivity index (χ3v) is 9.23. The van der Waals surface area contributed by atoms with Gasteiger partial charge in [0.1, 0.15) is 61.5 Å². The first-order valence-corrected chi connectivity index (χ1v) is 15.2. The Morgan fingerprint density at radius 3 is 2.27 bits per heavy atom. The van der Waals surface area contributed by atoms with Crippen LogP contribution in [0.1, 0.15) is 22.6 Å². The van der Waals surface area contributed by atoms with Gasteiger partial charge in [-0.15, -0.1) is 0 Å². The van der Waals surface area contributed by atoms with Crippen molar-refractivity contribution in [3.63, 3.8) is 0 Å². The third kappa shape index (κ3) is 5.76. The van der Waals surface area contributed by atoms with Crippen molar-refractivity contribution < 1.29 is 83.6 Å². The summed E-state index contributed by atoms with van der Waals surface area (Å²) < 4.78 is 39.3. The van der Waals surface area contributed by atoms with Gasteiger partial charge >= 0.3 is 11.9 Å². The summed E-state index contributed by atoms with van der Waals surface area (Å²) in [7, 11) is 2.59. The highest BCUT2D eigenvalue weighted by atomic mass is 16.8. The highest BCUT2D eigenvalue weighted by Crippen LogP contribution is 2.53. The summed E-state index contributed by atoms with van der Waals surface area (Å²) in [6.45, 7) is -2.59. The Morgan fingerprint density at radius 2 is 1.63 bits per heavy atom. The van der Waals surface area contributed by atoms with Crippen LogP contribution in [0.4, 0.5) is 0 Å². The summed E-state index contributed by atoms with van der Waals surface area (Å²) in [6.07, 6.45) is -12.7. The van der Waals surface area contributed by atoms with E-state index in [0.717, 1.165) is 0 Å². The molecular formula is C32H36O17. The molecule has 4 aliphatic rings. The number of benzene rings is 2. The standard InChI is InChI=1S/C32H36O17/c1-43-16-8-13-7-15-21(19(12-3-5-14(35)6-4-12)20(13)27(44-2)23(16)37)30(42)47-28-24(38)18(10-45-29(15)41)48-32(28,11-34)49-31-26(40)25(39)22(36)17(9-33)46-31/h3-8,17-19,21-22,24-26,28,31,33-40H,9-11H2,1-2H3/t17-,18-,19+,21+,22-,24-,25+,26-,28+,31-,32+/m1/s1. The summed E-state index contributed by atoms with van der Waals surface area (Å²) in [4.78, 5) is 28.2. The molecule has 2 aromatic carbocycles. The van der Waals surface area contributed by atoms with E-state index in [-0.39, 0.29) is 28.4 Å². The number of hydrogen-bond acceptors (Lipinski definition) is 17. The highest BCUT2D eigenvalue weighted by molar-refractivity contribution is 6.02. The van der Waals surface area contributed by atoms with Gasteiger partial charge in [0, 0.05) is 11.5 Å². The normalized spacial score (nSPS) is 35.7. The van der Waals surface area contributed by atoms with Crippen LogP contribution in [0.3, 0.4) is 0 Å². The van der Waals surface area contributed by atoms with Crippen LogP contribution in [-0.4, -0.2) is 142 Å². The lowest BCUT2D eigenvalue weighted by Gasteiger charge is -2.43. The monoisotopic (exact) mass is 692 g/mol. The predicted octanol–water partition coefficient (Wildman–Crippen LogP) is -2.01. The number of fused-ring (bicyclic) bond motifs is 4. The van der Waals surface area contributed by atoms with Crippen molar-refractivity contribution in [2.24, 2.45) is 5.92 Å². The molecule has 11 atom stereocenters. The molecule has 49 heavy (non-hydrogen) atoms. The number of phenolic OH excluding ortho intramolecular Hbond substituents is 2. The molecule has 17 heteroatoms. The highest BCUT2D eigenvalue weighted by Gasteiger charge is 2.62. The Morgan fingerprint density at radius 1 is 0.918 bits per heavy atom. The van der Waals surface area contributed by atoms with Crippen LogP contribution in [0.5, 0.6) is 23.0 Å². The fourth-order valence-corrected chi connectivity index (χ4v) is 6.75. The Bertz CT molecular complexity index is 1610. The van der Waals surface area contributed by atoms with Gasteiger partial charge in [-0.2, -0.15) is 0 Å². The van der Waals surface area contributed by atoms with E-state index in [1.54, 1.807) is 0 Å². The molecule has 6 rings (SSSR count). The first-order chi connectivity index (χ1) is 23.4. The molecule has 0 aromatic heterocycles. The topological polar surface area (TPSA) is 261 Å². The van der Waals surface area contributed by atoms with E-state index in [0.29, 0.717) is 11.1 Å². The Kier molecular flexibility index (Phi) is 9.48. The van der Waals surface area contributed by atoms with Gasteiger partial charge in [0.2, 0.25) is 11.5 Å². The van der Waals surface area contributed by atoms with Crippen molar-refractivity contribution in [2.45, 2.75) is 60.7 Å². The fraction of sp³-hybridized carbons (Fsp3) is 0.500. The van der Waals surface area contributed by atoms with Crippen LogP contribution in [0, 0.1) is 5.92 Å². The van der Waals surface area contributed by atoms with E-state index < -0.39 is 104 Å². The van der Waals surface area contributed by atoms with E-state index in [1.165, 1.54) is 50.6 Å². The molecule has 3 heterocycles. The summed E-state index contributed by atoms with van der Waals surface area (Å²) in [5, 5.41) is 83.8. The molecule has 2 bridgehead atoms. The minimum atomic E-state index is -2.50. The number of carbonyl (C=O) groups excluding carboxylic acids is 2. The molecule has 0 unspecified atom stereocenters. The number of aliphatic hydroxyl groups excluding tert-OH is 6. The fourth-order valence-electron chi connectivity index (χ4n) is 6.75. The van der Waals surface area contributed by atoms with Crippen LogP contribution in [0.25, 0.3) is 6.08 Å². The Labute approximate surface area is 278 Å². The van der Waals surface area contributed by atoms with Crippen molar-refractivity contribution in [1.82, 2.24) is 0 Å². The quantitative estimate of drug-likeness (QED) is 0.146.